The molecule has 1 aromatic carbocycles. The maximum atomic E-state index is 2.55. The Balaban J connectivity index is 1.68. The number of hydrogen-bond acceptors (Lipinski definition) is 1. The predicted molar refractivity (Wildman–Crippen MR) is 74.7 cm³/mol. The van der Waals surface area contributed by atoms with Crippen molar-refractivity contribution in [1.29, 1.82) is 0 Å². The molecule has 0 radical (unpaired) electrons. The summed E-state index contributed by atoms with van der Waals surface area (Å²) in [6.07, 6.45) is 5.72. The third-order valence-corrected chi connectivity index (χ3v) is 5.75. The van der Waals surface area contributed by atoms with Crippen molar-refractivity contribution in [3.8, 4) is 0 Å². The molecule has 18 heavy (non-hydrogen) atoms. The summed E-state index contributed by atoms with van der Waals surface area (Å²) in [5.41, 5.74) is 3.34. The first-order valence-electron chi connectivity index (χ1n) is 7.57. The van der Waals surface area contributed by atoms with Gasteiger partial charge in [0.05, 0.1) is 0 Å². The largest absolute Gasteiger partial charge is 0.306 e. The molecule has 1 saturated heterocycles. The van der Waals surface area contributed by atoms with E-state index in [1.165, 1.54) is 38.8 Å². The Morgan fingerprint density at radius 1 is 1.11 bits per heavy atom. The second-order valence-electron chi connectivity index (χ2n) is 6.81. The first kappa shape index (κ1) is 11.0. The standard InChI is InChI=1S/C17H23N/c1-18-7-6-17-13-8-12-4-2-3-5-16(12)14(9-13)10-15(17)11-18/h2-5,13-15,17H,6-11H2,1H3/t13-,14+,15+,17-/m0/s1. The molecule has 96 valence electrons. The minimum Gasteiger partial charge on any atom is -0.306 e. The summed E-state index contributed by atoms with van der Waals surface area (Å²) in [7, 11) is 2.30. The van der Waals surface area contributed by atoms with E-state index < -0.39 is 0 Å². The molecule has 2 aliphatic carbocycles. The molecular formula is C17H23N. The van der Waals surface area contributed by atoms with Crippen LogP contribution in [0.1, 0.15) is 36.3 Å². The van der Waals surface area contributed by atoms with Gasteiger partial charge in [-0.3, -0.25) is 0 Å². The van der Waals surface area contributed by atoms with Crippen molar-refractivity contribution in [3.05, 3.63) is 35.4 Å². The zero-order chi connectivity index (χ0) is 12.1. The van der Waals surface area contributed by atoms with Gasteiger partial charge in [-0.05, 0) is 74.1 Å². The van der Waals surface area contributed by atoms with E-state index in [1.54, 1.807) is 11.1 Å². The minimum absolute atomic E-state index is 0.868. The van der Waals surface area contributed by atoms with E-state index in [9.17, 15) is 0 Å². The van der Waals surface area contributed by atoms with Crippen LogP contribution in [0.15, 0.2) is 24.3 Å². The molecule has 0 amide bonds. The van der Waals surface area contributed by atoms with Crippen LogP contribution in [0.25, 0.3) is 0 Å². The molecule has 0 aromatic heterocycles. The van der Waals surface area contributed by atoms with Crippen LogP contribution in [-0.4, -0.2) is 25.0 Å². The van der Waals surface area contributed by atoms with E-state index in [2.05, 4.69) is 36.2 Å². The highest BCUT2D eigenvalue weighted by Crippen LogP contribution is 2.51. The number of hydrogen-bond donors (Lipinski definition) is 0. The first-order valence-corrected chi connectivity index (χ1v) is 7.57. The lowest BCUT2D eigenvalue weighted by molar-refractivity contribution is 0.0434. The SMILES string of the molecule is CN1CC[C@@H]2[C@H](C[C@H]3C[C@@H]2Cc2ccccc23)C1. The number of rotatable bonds is 0. The summed E-state index contributed by atoms with van der Waals surface area (Å²) >= 11 is 0. The zero-order valence-electron chi connectivity index (χ0n) is 11.3. The fourth-order valence-corrected chi connectivity index (χ4v) is 4.99. The molecule has 3 aliphatic rings. The highest BCUT2D eigenvalue weighted by molar-refractivity contribution is 5.34. The quantitative estimate of drug-likeness (QED) is 0.673. The molecule has 4 atom stereocenters. The molecule has 4 rings (SSSR count). The second kappa shape index (κ2) is 4.09. The Morgan fingerprint density at radius 3 is 2.89 bits per heavy atom. The highest BCUT2D eigenvalue weighted by atomic mass is 15.1. The maximum Gasteiger partial charge on any atom is 0.000959 e. The van der Waals surface area contributed by atoms with E-state index in [0.29, 0.717) is 0 Å². The predicted octanol–water partition coefficient (Wildman–Crippen LogP) is 3.30. The van der Waals surface area contributed by atoms with E-state index >= 15 is 0 Å². The summed E-state index contributed by atoms with van der Waals surface area (Å²) in [4.78, 5) is 2.55. The van der Waals surface area contributed by atoms with Crippen molar-refractivity contribution in [1.82, 2.24) is 4.90 Å². The van der Waals surface area contributed by atoms with Crippen molar-refractivity contribution in [2.24, 2.45) is 17.8 Å². The van der Waals surface area contributed by atoms with Crippen LogP contribution in [0.5, 0.6) is 0 Å². The molecule has 1 heterocycles. The van der Waals surface area contributed by atoms with Crippen molar-refractivity contribution < 1.29 is 0 Å². The van der Waals surface area contributed by atoms with Crippen molar-refractivity contribution >= 4 is 0 Å². The molecule has 0 N–H and O–H groups in total. The van der Waals surface area contributed by atoms with Crippen LogP contribution in [-0.2, 0) is 6.42 Å². The maximum absolute atomic E-state index is 2.55. The van der Waals surface area contributed by atoms with Crippen LogP contribution in [0, 0.1) is 17.8 Å². The third kappa shape index (κ3) is 1.64. The monoisotopic (exact) mass is 241 g/mol. The molecule has 1 saturated carbocycles. The molecule has 1 nitrogen and oxygen atoms in total. The van der Waals surface area contributed by atoms with Gasteiger partial charge in [0.15, 0.2) is 0 Å². The van der Waals surface area contributed by atoms with E-state index in [1.807, 2.05) is 0 Å². The summed E-state index contributed by atoms with van der Waals surface area (Å²) < 4.78 is 0. The lowest BCUT2D eigenvalue weighted by atomic mass is 9.59. The van der Waals surface area contributed by atoms with E-state index in [-0.39, 0.29) is 0 Å². The van der Waals surface area contributed by atoms with Crippen molar-refractivity contribution in [2.75, 3.05) is 20.1 Å². The van der Waals surface area contributed by atoms with Gasteiger partial charge < -0.3 is 4.90 Å². The molecule has 1 aromatic rings. The normalized spacial score (nSPS) is 38.9. The fraction of sp³-hybridized carbons (Fsp3) is 0.647. The second-order valence-corrected chi connectivity index (χ2v) is 6.81. The van der Waals surface area contributed by atoms with E-state index in [4.69, 9.17) is 0 Å². The topological polar surface area (TPSA) is 3.24 Å². The molecule has 2 fully saturated rings. The van der Waals surface area contributed by atoms with Gasteiger partial charge in [0, 0.05) is 6.54 Å². The van der Waals surface area contributed by atoms with Crippen LogP contribution in [0.4, 0.5) is 0 Å². The van der Waals surface area contributed by atoms with Crippen LogP contribution in [0.3, 0.4) is 0 Å². The summed E-state index contributed by atoms with van der Waals surface area (Å²) in [5.74, 6) is 3.84. The van der Waals surface area contributed by atoms with Crippen molar-refractivity contribution in [2.45, 2.75) is 31.6 Å². The van der Waals surface area contributed by atoms with Gasteiger partial charge in [0.2, 0.25) is 0 Å². The average Bonchev–Trinajstić information content (AvgIpc) is 2.38. The van der Waals surface area contributed by atoms with Crippen LogP contribution >= 0.6 is 0 Å². The lowest BCUT2D eigenvalue weighted by Crippen LogP contribution is -2.46. The summed E-state index contributed by atoms with van der Waals surface area (Å²) in [5, 5.41) is 0. The number of benzene rings is 1. The summed E-state index contributed by atoms with van der Waals surface area (Å²) in [6.45, 7) is 2.67. The van der Waals surface area contributed by atoms with Gasteiger partial charge in [-0.15, -0.1) is 0 Å². The van der Waals surface area contributed by atoms with E-state index in [0.717, 1.165) is 23.7 Å². The number of piperidine rings is 1. The van der Waals surface area contributed by atoms with Gasteiger partial charge in [-0.1, -0.05) is 24.3 Å². The Kier molecular flexibility index (Phi) is 2.51. The molecule has 2 bridgehead atoms. The van der Waals surface area contributed by atoms with Gasteiger partial charge >= 0.3 is 0 Å². The number of fused-ring (bicyclic) bond motifs is 6. The van der Waals surface area contributed by atoms with Crippen LogP contribution in [0.2, 0.25) is 0 Å². The average molecular weight is 241 g/mol. The minimum atomic E-state index is 0.868. The molecule has 1 heteroatoms. The number of likely N-dealkylation sites (tertiary alicyclic amines) is 1. The Labute approximate surface area is 110 Å². The Morgan fingerprint density at radius 2 is 1.94 bits per heavy atom. The zero-order valence-corrected chi connectivity index (χ0v) is 11.3. The lowest BCUT2D eigenvalue weighted by Gasteiger charge is -2.50. The molecule has 0 unspecified atom stereocenters. The third-order valence-electron chi connectivity index (χ3n) is 5.75. The fourth-order valence-electron chi connectivity index (χ4n) is 4.99. The Hall–Kier alpha value is -0.820. The van der Waals surface area contributed by atoms with Gasteiger partial charge in [0.25, 0.3) is 0 Å². The Bertz CT molecular complexity index is 453. The molecule has 0 spiro atoms. The van der Waals surface area contributed by atoms with Gasteiger partial charge in [-0.25, -0.2) is 0 Å². The van der Waals surface area contributed by atoms with Gasteiger partial charge in [0.1, 0.15) is 0 Å². The van der Waals surface area contributed by atoms with Gasteiger partial charge in [-0.2, -0.15) is 0 Å². The first-order chi connectivity index (χ1) is 8.81. The van der Waals surface area contributed by atoms with Crippen molar-refractivity contribution in [3.63, 3.8) is 0 Å². The number of nitrogens with zero attached hydrogens (tertiary/aromatic N) is 1. The highest BCUT2D eigenvalue weighted by Gasteiger charge is 2.43. The summed E-state index contributed by atoms with van der Waals surface area (Å²) in [6, 6.07) is 9.23. The molecule has 1 aliphatic heterocycles. The molecular weight excluding hydrogens is 218 g/mol. The smallest absolute Gasteiger partial charge is 0.000959 e. The van der Waals surface area contributed by atoms with Crippen LogP contribution < -0.4 is 0 Å².